The predicted molar refractivity (Wildman–Crippen MR) is 114 cm³/mol. The molecule has 0 amide bonds. The number of hydrogen-bond acceptors (Lipinski definition) is 5. The largest absolute Gasteiger partial charge is 0.394 e. The highest BCUT2D eigenvalue weighted by Crippen LogP contribution is 2.29. The summed E-state index contributed by atoms with van der Waals surface area (Å²) in [5.74, 6) is 2.80. The van der Waals surface area contributed by atoms with Crippen LogP contribution in [0.2, 0.25) is 0 Å². The van der Waals surface area contributed by atoms with Crippen molar-refractivity contribution < 1.29 is 5.11 Å². The molecule has 0 aliphatic carbocycles. The molecule has 0 radical (unpaired) electrons. The van der Waals surface area contributed by atoms with Crippen LogP contribution < -0.4 is 9.80 Å². The predicted octanol–water partition coefficient (Wildman–Crippen LogP) is 3.60. The molecule has 1 unspecified atom stereocenters. The van der Waals surface area contributed by atoms with E-state index in [2.05, 4.69) is 57.0 Å². The van der Waals surface area contributed by atoms with E-state index in [9.17, 15) is 5.11 Å². The third-order valence-corrected chi connectivity index (χ3v) is 6.42. The van der Waals surface area contributed by atoms with Gasteiger partial charge >= 0.3 is 0 Å². The molecule has 1 aromatic carbocycles. The normalized spacial score (nSPS) is 20.7. The number of aryl methyl sites for hydroxylation is 2. The van der Waals surface area contributed by atoms with Gasteiger partial charge in [-0.1, -0.05) is 29.8 Å². The minimum atomic E-state index is 0.200. The summed E-state index contributed by atoms with van der Waals surface area (Å²) in [5, 5.41) is 9.60. The molecule has 2 aromatic rings. The van der Waals surface area contributed by atoms with Crippen molar-refractivity contribution in [2.75, 3.05) is 36.0 Å². The van der Waals surface area contributed by atoms with Crippen LogP contribution in [0.3, 0.4) is 0 Å². The van der Waals surface area contributed by atoms with E-state index in [4.69, 9.17) is 0 Å². The van der Waals surface area contributed by atoms with Crippen molar-refractivity contribution in [2.24, 2.45) is 5.92 Å². The molecule has 0 saturated carbocycles. The summed E-state index contributed by atoms with van der Waals surface area (Å²) in [5.41, 5.74) is 2.79. The van der Waals surface area contributed by atoms with E-state index in [1.54, 1.807) is 6.33 Å². The molecule has 28 heavy (non-hydrogen) atoms. The maximum absolute atomic E-state index is 9.60. The minimum absolute atomic E-state index is 0.200. The molecule has 2 aliphatic rings. The fourth-order valence-corrected chi connectivity index (χ4v) is 4.57. The Morgan fingerprint density at radius 2 is 1.75 bits per heavy atom. The lowest BCUT2D eigenvalue weighted by Crippen LogP contribution is -2.35. The Balaban J connectivity index is 1.31. The van der Waals surface area contributed by atoms with Gasteiger partial charge in [-0.05, 0) is 56.9 Å². The molecule has 3 heterocycles. The van der Waals surface area contributed by atoms with Crippen molar-refractivity contribution >= 4 is 11.6 Å². The number of aromatic nitrogens is 2. The Kier molecular flexibility index (Phi) is 6.10. The first-order valence-electron chi connectivity index (χ1n) is 10.7. The van der Waals surface area contributed by atoms with E-state index in [1.165, 1.54) is 36.8 Å². The van der Waals surface area contributed by atoms with E-state index >= 15 is 0 Å². The highest BCUT2D eigenvalue weighted by molar-refractivity contribution is 5.51. The molecule has 1 N–H and O–H groups in total. The first kappa shape index (κ1) is 19.2. The van der Waals surface area contributed by atoms with Gasteiger partial charge in [-0.2, -0.15) is 0 Å². The summed E-state index contributed by atoms with van der Waals surface area (Å²) in [6.45, 7) is 5.46. The molecule has 1 aromatic heterocycles. The van der Waals surface area contributed by atoms with Gasteiger partial charge in [-0.15, -0.1) is 0 Å². The summed E-state index contributed by atoms with van der Waals surface area (Å²) < 4.78 is 0. The van der Waals surface area contributed by atoms with Crippen molar-refractivity contribution in [3.63, 3.8) is 0 Å². The lowest BCUT2D eigenvalue weighted by Gasteiger charge is -2.33. The maximum Gasteiger partial charge on any atom is 0.134 e. The SMILES string of the molecule is Cc1ccc(CCC2CCN(c3cc(N4CCCC4CO)ncn3)CC2)cc1. The van der Waals surface area contributed by atoms with Gasteiger partial charge in [0.15, 0.2) is 0 Å². The number of aliphatic hydroxyl groups is 1. The summed E-state index contributed by atoms with van der Waals surface area (Å²) in [6.07, 6.45) is 8.76. The first-order valence-corrected chi connectivity index (χ1v) is 10.7. The van der Waals surface area contributed by atoms with Crippen molar-refractivity contribution in [1.82, 2.24) is 9.97 Å². The Hall–Kier alpha value is -2.14. The van der Waals surface area contributed by atoms with Crippen LogP contribution in [0.4, 0.5) is 11.6 Å². The zero-order chi connectivity index (χ0) is 19.3. The first-order chi connectivity index (χ1) is 13.7. The second kappa shape index (κ2) is 8.91. The fraction of sp³-hybridized carbons (Fsp3) is 0.565. The lowest BCUT2D eigenvalue weighted by atomic mass is 9.90. The minimum Gasteiger partial charge on any atom is -0.394 e. The van der Waals surface area contributed by atoms with Crippen molar-refractivity contribution in [3.8, 4) is 0 Å². The number of hydrogen-bond donors (Lipinski definition) is 1. The van der Waals surface area contributed by atoms with Crippen LogP contribution in [-0.2, 0) is 6.42 Å². The van der Waals surface area contributed by atoms with Crippen molar-refractivity contribution in [3.05, 3.63) is 47.8 Å². The van der Waals surface area contributed by atoms with Gasteiger partial charge in [0.05, 0.1) is 12.6 Å². The van der Waals surface area contributed by atoms with E-state index < -0.39 is 0 Å². The maximum atomic E-state index is 9.60. The van der Waals surface area contributed by atoms with E-state index in [0.29, 0.717) is 0 Å². The number of anilines is 2. The molecule has 5 heteroatoms. The zero-order valence-electron chi connectivity index (χ0n) is 16.9. The van der Waals surface area contributed by atoms with Crippen molar-refractivity contribution in [1.29, 1.82) is 0 Å². The van der Waals surface area contributed by atoms with Gasteiger partial charge in [0.25, 0.3) is 0 Å². The molecule has 150 valence electrons. The van der Waals surface area contributed by atoms with Crippen LogP contribution >= 0.6 is 0 Å². The standard InChI is InChI=1S/C23H32N4O/c1-18-4-6-19(7-5-18)8-9-20-10-13-26(14-11-20)22-15-23(25-17-24-22)27-12-2-3-21(27)16-28/h4-7,15,17,20-21,28H,2-3,8-14,16H2,1H3. The summed E-state index contributed by atoms with van der Waals surface area (Å²) in [7, 11) is 0. The van der Waals surface area contributed by atoms with Gasteiger partial charge in [0.1, 0.15) is 18.0 Å². The monoisotopic (exact) mass is 380 g/mol. The smallest absolute Gasteiger partial charge is 0.134 e. The van der Waals surface area contributed by atoms with Crippen LogP contribution in [-0.4, -0.2) is 47.4 Å². The summed E-state index contributed by atoms with van der Waals surface area (Å²) >= 11 is 0. The second-order valence-corrected chi connectivity index (χ2v) is 8.36. The van der Waals surface area contributed by atoms with E-state index in [-0.39, 0.29) is 12.6 Å². The van der Waals surface area contributed by atoms with Crippen LogP contribution in [0.5, 0.6) is 0 Å². The highest BCUT2D eigenvalue weighted by atomic mass is 16.3. The topological polar surface area (TPSA) is 52.5 Å². The molecular weight excluding hydrogens is 348 g/mol. The molecule has 0 spiro atoms. The number of nitrogens with zero attached hydrogens (tertiary/aromatic N) is 4. The highest BCUT2D eigenvalue weighted by Gasteiger charge is 2.26. The second-order valence-electron chi connectivity index (χ2n) is 8.36. The average Bonchev–Trinajstić information content (AvgIpc) is 3.23. The van der Waals surface area contributed by atoms with E-state index in [1.807, 2.05) is 0 Å². The quantitative estimate of drug-likeness (QED) is 0.830. The van der Waals surface area contributed by atoms with Gasteiger partial charge < -0.3 is 14.9 Å². The van der Waals surface area contributed by atoms with Crippen LogP contribution in [0.1, 0.15) is 43.2 Å². The Morgan fingerprint density at radius 1 is 1.00 bits per heavy atom. The molecule has 2 aliphatic heterocycles. The summed E-state index contributed by atoms with van der Waals surface area (Å²) in [6, 6.07) is 11.3. The molecule has 2 saturated heterocycles. The van der Waals surface area contributed by atoms with Gasteiger partial charge in [-0.3, -0.25) is 0 Å². The number of aliphatic hydroxyl groups excluding tert-OH is 1. The van der Waals surface area contributed by atoms with Crippen LogP contribution in [0.15, 0.2) is 36.7 Å². The third kappa shape index (κ3) is 4.46. The van der Waals surface area contributed by atoms with E-state index in [0.717, 1.165) is 50.0 Å². The van der Waals surface area contributed by atoms with Gasteiger partial charge in [0.2, 0.25) is 0 Å². The van der Waals surface area contributed by atoms with Crippen LogP contribution in [0.25, 0.3) is 0 Å². The molecule has 1 atom stereocenters. The molecule has 5 nitrogen and oxygen atoms in total. The van der Waals surface area contributed by atoms with Crippen LogP contribution in [0, 0.1) is 12.8 Å². The Labute approximate surface area is 168 Å². The molecule has 0 bridgehead atoms. The number of piperidine rings is 1. The molecular formula is C23H32N4O. The zero-order valence-corrected chi connectivity index (χ0v) is 16.9. The fourth-order valence-electron chi connectivity index (χ4n) is 4.57. The lowest BCUT2D eigenvalue weighted by molar-refractivity contribution is 0.266. The van der Waals surface area contributed by atoms with Crippen molar-refractivity contribution in [2.45, 2.75) is 51.5 Å². The Bertz CT molecular complexity index is 755. The van der Waals surface area contributed by atoms with Gasteiger partial charge in [-0.25, -0.2) is 9.97 Å². The molecule has 2 fully saturated rings. The van der Waals surface area contributed by atoms with Gasteiger partial charge in [0, 0.05) is 25.7 Å². The number of rotatable bonds is 6. The molecule has 4 rings (SSSR count). The third-order valence-electron chi connectivity index (χ3n) is 6.42. The Morgan fingerprint density at radius 3 is 2.50 bits per heavy atom. The summed E-state index contributed by atoms with van der Waals surface area (Å²) in [4.78, 5) is 13.6. The number of benzene rings is 1. The average molecular weight is 381 g/mol.